The van der Waals surface area contributed by atoms with Crippen molar-refractivity contribution in [3.05, 3.63) is 0 Å². The van der Waals surface area contributed by atoms with E-state index in [0.717, 1.165) is 12.0 Å². The molecule has 0 aliphatic heterocycles. The van der Waals surface area contributed by atoms with Crippen LogP contribution in [0.15, 0.2) is 0 Å². The number of alkyl halides is 3. The van der Waals surface area contributed by atoms with Crippen molar-refractivity contribution in [3.8, 4) is 0 Å². The highest BCUT2D eigenvalue weighted by atomic mass is 19.4. The van der Waals surface area contributed by atoms with Gasteiger partial charge >= 0.3 is 12.1 Å². The zero-order valence-corrected chi connectivity index (χ0v) is 10.3. The number of ether oxygens (including phenoxy) is 1. The summed E-state index contributed by atoms with van der Waals surface area (Å²) in [6, 6.07) is 0. The van der Waals surface area contributed by atoms with Crippen LogP contribution in [0.25, 0.3) is 0 Å². The number of hydrogen-bond donors (Lipinski definition) is 1. The largest absolute Gasteiger partial charge is 0.468 e. The number of halogens is 3. The number of carbonyl (C=O) groups excluding carboxylic acids is 1. The molecular weight excluding hydrogens is 237 g/mol. The normalized spacial score (nSPS) is 15.8. The molecule has 1 atom stereocenters. The maximum atomic E-state index is 12.3. The Morgan fingerprint density at radius 3 is 2.24 bits per heavy atom. The molecule has 0 aliphatic rings. The van der Waals surface area contributed by atoms with Crippen molar-refractivity contribution in [2.45, 2.75) is 32.0 Å². The Morgan fingerprint density at radius 1 is 1.35 bits per heavy atom. The Morgan fingerprint density at radius 2 is 1.88 bits per heavy atom. The van der Waals surface area contributed by atoms with Gasteiger partial charge in [-0.2, -0.15) is 13.2 Å². The molecular formula is C10H19F3N2O2. The fraction of sp³-hybridized carbons (Fsp3) is 0.900. The Bertz CT molecular complexity index is 254. The SMILES string of the molecule is CCCN(CC(F)(F)F)CC(C)(N)C(=O)OC. The van der Waals surface area contributed by atoms with Gasteiger partial charge in [0.2, 0.25) is 0 Å². The lowest BCUT2D eigenvalue weighted by Gasteiger charge is -2.30. The van der Waals surface area contributed by atoms with Gasteiger partial charge in [0.05, 0.1) is 13.7 Å². The van der Waals surface area contributed by atoms with Crippen molar-refractivity contribution in [3.63, 3.8) is 0 Å². The summed E-state index contributed by atoms with van der Waals surface area (Å²) in [5.41, 5.74) is 4.20. The monoisotopic (exact) mass is 256 g/mol. The van der Waals surface area contributed by atoms with Gasteiger partial charge in [0.15, 0.2) is 0 Å². The molecule has 0 aromatic rings. The minimum atomic E-state index is -4.30. The molecule has 0 amide bonds. The third kappa shape index (κ3) is 6.48. The van der Waals surface area contributed by atoms with E-state index < -0.39 is 24.2 Å². The quantitative estimate of drug-likeness (QED) is 0.724. The van der Waals surface area contributed by atoms with Gasteiger partial charge in [-0.3, -0.25) is 9.69 Å². The smallest absolute Gasteiger partial charge is 0.401 e. The Balaban J connectivity index is 4.58. The first-order valence-electron chi connectivity index (χ1n) is 5.29. The molecule has 0 bridgehead atoms. The molecule has 2 N–H and O–H groups in total. The van der Waals surface area contributed by atoms with Crippen LogP contribution >= 0.6 is 0 Å². The van der Waals surface area contributed by atoms with E-state index in [9.17, 15) is 18.0 Å². The topological polar surface area (TPSA) is 55.6 Å². The first-order chi connectivity index (χ1) is 7.62. The van der Waals surface area contributed by atoms with Crippen LogP contribution in [-0.2, 0) is 9.53 Å². The second-order valence-electron chi connectivity index (χ2n) is 4.23. The van der Waals surface area contributed by atoms with E-state index in [1.807, 2.05) is 0 Å². The number of nitrogens with zero attached hydrogens (tertiary/aromatic N) is 1. The molecule has 17 heavy (non-hydrogen) atoms. The van der Waals surface area contributed by atoms with E-state index in [4.69, 9.17) is 5.73 Å². The summed E-state index contributed by atoms with van der Waals surface area (Å²) in [7, 11) is 1.15. The molecule has 7 heteroatoms. The van der Waals surface area contributed by atoms with E-state index in [1.54, 1.807) is 6.92 Å². The van der Waals surface area contributed by atoms with Crippen LogP contribution in [0.5, 0.6) is 0 Å². The number of nitrogens with two attached hydrogens (primary N) is 1. The molecule has 0 radical (unpaired) electrons. The maximum absolute atomic E-state index is 12.3. The molecule has 0 spiro atoms. The van der Waals surface area contributed by atoms with Crippen molar-refractivity contribution >= 4 is 5.97 Å². The van der Waals surface area contributed by atoms with E-state index in [1.165, 1.54) is 6.92 Å². The lowest BCUT2D eigenvalue weighted by atomic mass is 10.0. The van der Waals surface area contributed by atoms with Gasteiger partial charge in [-0.05, 0) is 19.9 Å². The summed E-state index contributed by atoms with van der Waals surface area (Å²) in [6.45, 7) is 2.08. The fourth-order valence-electron chi connectivity index (χ4n) is 1.55. The standard InChI is InChI=1S/C10H19F3N2O2/c1-4-5-15(7-10(11,12)13)6-9(2,14)8(16)17-3/h4-7,14H2,1-3H3. The van der Waals surface area contributed by atoms with Crippen molar-refractivity contribution in [2.24, 2.45) is 5.73 Å². The molecule has 0 aromatic carbocycles. The first kappa shape index (κ1) is 16.2. The minimum Gasteiger partial charge on any atom is -0.468 e. The summed E-state index contributed by atoms with van der Waals surface area (Å²) in [6.07, 6.45) is -3.76. The second kappa shape index (κ2) is 6.20. The Labute approximate surface area is 98.9 Å². The summed E-state index contributed by atoms with van der Waals surface area (Å²) in [5.74, 6) is -0.722. The molecule has 0 heterocycles. The highest BCUT2D eigenvalue weighted by molar-refractivity contribution is 5.80. The lowest BCUT2D eigenvalue weighted by Crippen LogP contribution is -2.55. The summed E-state index contributed by atoms with van der Waals surface area (Å²) >= 11 is 0. The van der Waals surface area contributed by atoms with Gasteiger partial charge in [-0.1, -0.05) is 6.92 Å². The Kier molecular flexibility index (Phi) is 5.91. The van der Waals surface area contributed by atoms with Gasteiger partial charge in [0, 0.05) is 6.54 Å². The van der Waals surface area contributed by atoms with Crippen molar-refractivity contribution in [1.29, 1.82) is 0 Å². The Hall–Kier alpha value is -0.820. The third-order valence-electron chi connectivity index (χ3n) is 2.15. The maximum Gasteiger partial charge on any atom is 0.401 e. The average Bonchev–Trinajstić information content (AvgIpc) is 2.13. The van der Waals surface area contributed by atoms with Gasteiger partial charge < -0.3 is 10.5 Å². The summed E-state index contributed by atoms with van der Waals surface area (Å²) in [5, 5.41) is 0. The van der Waals surface area contributed by atoms with Crippen molar-refractivity contribution in [1.82, 2.24) is 4.90 Å². The van der Waals surface area contributed by atoms with Gasteiger partial charge in [-0.15, -0.1) is 0 Å². The van der Waals surface area contributed by atoms with Gasteiger partial charge in [-0.25, -0.2) is 0 Å². The first-order valence-corrected chi connectivity index (χ1v) is 5.29. The van der Waals surface area contributed by atoms with Crippen LogP contribution in [0.3, 0.4) is 0 Å². The molecule has 0 saturated heterocycles. The van der Waals surface area contributed by atoms with Crippen LogP contribution in [-0.4, -0.2) is 49.3 Å². The third-order valence-corrected chi connectivity index (χ3v) is 2.15. The van der Waals surface area contributed by atoms with Crippen LogP contribution in [0, 0.1) is 0 Å². The highest BCUT2D eigenvalue weighted by Gasteiger charge is 2.36. The molecule has 4 nitrogen and oxygen atoms in total. The fourth-order valence-corrected chi connectivity index (χ4v) is 1.55. The molecule has 0 aromatic heterocycles. The number of hydrogen-bond acceptors (Lipinski definition) is 4. The summed E-state index contributed by atoms with van der Waals surface area (Å²) in [4.78, 5) is 12.4. The predicted molar refractivity (Wildman–Crippen MR) is 57.4 cm³/mol. The van der Waals surface area contributed by atoms with Gasteiger partial charge in [0.1, 0.15) is 5.54 Å². The number of methoxy groups -OCH3 is 1. The number of rotatable bonds is 6. The van der Waals surface area contributed by atoms with Crippen LogP contribution in [0.1, 0.15) is 20.3 Å². The van der Waals surface area contributed by atoms with E-state index in [-0.39, 0.29) is 13.1 Å². The van der Waals surface area contributed by atoms with E-state index >= 15 is 0 Å². The molecule has 0 saturated carbocycles. The lowest BCUT2D eigenvalue weighted by molar-refractivity contribution is -0.156. The molecule has 0 fully saturated rings. The molecule has 0 rings (SSSR count). The number of esters is 1. The van der Waals surface area contributed by atoms with E-state index in [0.29, 0.717) is 6.42 Å². The van der Waals surface area contributed by atoms with Crippen molar-refractivity contribution < 1.29 is 22.7 Å². The van der Waals surface area contributed by atoms with E-state index in [2.05, 4.69) is 4.74 Å². The van der Waals surface area contributed by atoms with Gasteiger partial charge in [0.25, 0.3) is 0 Å². The predicted octanol–water partition coefficient (Wildman–Crippen LogP) is 1.15. The summed E-state index contributed by atoms with van der Waals surface area (Å²) < 4.78 is 41.3. The van der Waals surface area contributed by atoms with Crippen LogP contribution in [0.4, 0.5) is 13.2 Å². The molecule has 1 unspecified atom stereocenters. The van der Waals surface area contributed by atoms with Crippen LogP contribution < -0.4 is 5.73 Å². The molecule has 0 aliphatic carbocycles. The highest BCUT2D eigenvalue weighted by Crippen LogP contribution is 2.18. The zero-order chi connectivity index (χ0) is 13.7. The molecule has 102 valence electrons. The second-order valence-corrected chi connectivity index (χ2v) is 4.23. The van der Waals surface area contributed by atoms with Crippen molar-refractivity contribution in [2.75, 3.05) is 26.7 Å². The number of carbonyl (C=O) groups is 1. The minimum absolute atomic E-state index is 0.187. The average molecular weight is 256 g/mol. The van der Waals surface area contributed by atoms with Crippen LogP contribution in [0.2, 0.25) is 0 Å². The zero-order valence-electron chi connectivity index (χ0n) is 10.3.